The monoisotopic (exact) mass is 271 g/mol. The Morgan fingerprint density at radius 3 is 2.90 bits per heavy atom. The Balaban J connectivity index is 1.56. The molecule has 0 radical (unpaired) electrons. The lowest BCUT2D eigenvalue weighted by Gasteiger charge is -2.38. The van der Waals surface area contributed by atoms with Crippen molar-refractivity contribution in [2.75, 3.05) is 38.1 Å². The number of nitrogens with zero attached hydrogens (tertiary/aromatic N) is 3. The average Bonchev–Trinajstić information content (AvgIpc) is 3.22. The van der Waals surface area contributed by atoms with Gasteiger partial charge >= 0.3 is 0 Å². The summed E-state index contributed by atoms with van der Waals surface area (Å²) in [4.78, 5) is 9.54. The van der Waals surface area contributed by atoms with E-state index in [0.29, 0.717) is 5.41 Å². The molecule has 2 aliphatic heterocycles. The molecule has 1 aromatic heterocycles. The molecule has 1 aliphatic carbocycles. The lowest BCUT2D eigenvalue weighted by Crippen LogP contribution is -2.43. The molecule has 0 aromatic carbocycles. The maximum atomic E-state index is 4.36. The van der Waals surface area contributed by atoms with Crippen molar-refractivity contribution in [2.45, 2.75) is 38.0 Å². The third-order valence-corrected chi connectivity index (χ3v) is 5.48. The molecule has 3 aliphatic rings. The van der Waals surface area contributed by atoms with Crippen molar-refractivity contribution in [3.8, 4) is 0 Å². The molecule has 4 rings (SSSR count). The van der Waals surface area contributed by atoms with Crippen molar-refractivity contribution >= 4 is 5.69 Å². The number of pyridine rings is 1. The van der Waals surface area contributed by atoms with E-state index in [1.165, 1.54) is 69.5 Å². The summed E-state index contributed by atoms with van der Waals surface area (Å²) in [5.74, 6) is 0.796. The van der Waals surface area contributed by atoms with Crippen molar-refractivity contribution < 1.29 is 0 Å². The Labute approximate surface area is 122 Å². The summed E-state index contributed by atoms with van der Waals surface area (Å²) in [5, 5.41) is 0. The van der Waals surface area contributed by atoms with E-state index in [1.54, 1.807) is 0 Å². The fourth-order valence-electron chi connectivity index (χ4n) is 4.32. The number of rotatable bonds is 2. The van der Waals surface area contributed by atoms with Gasteiger partial charge in [0.25, 0.3) is 0 Å². The molecule has 3 heterocycles. The smallest absolute Gasteiger partial charge is 0.0432 e. The largest absolute Gasteiger partial charge is 0.371 e. The quantitative estimate of drug-likeness (QED) is 0.824. The van der Waals surface area contributed by atoms with E-state index in [4.69, 9.17) is 0 Å². The molecule has 20 heavy (non-hydrogen) atoms. The van der Waals surface area contributed by atoms with Crippen LogP contribution in [0.1, 0.15) is 43.6 Å². The molecule has 3 fully saturated rings. The number of anilines is 1. The third kappa shape index (κ3) is 2.22. The summed E-state index contributed by atoms with van der Waals surface area (Å²) < 4.78 is 0. The Hall–Kier alpha value is -1.09. The van der Waals surface area contributed by atoms with E-state index >= 15 is 0 Å². The molecule has 1 atom stereocenters. The highest BCUT2D eigenvalue weighted by Crippen LogP contribution is 2.46. The zero-order valence-electron chi connectivity index (χ0n) is 12.5. The van der Waals surface area contributed by atoms with Gasteiger partial charge in [0, 0.05) is 43.1 Å². The molecule has 0 N–H and O–H groups in total. The minimum absolute atomic E-state index is 0.553. The van der Waals surface area contributed by atoms with Gasteiger partial charge in [-0.15, -0.1) is 0 Å². The highest BCUT2D eigenvalue weighted by Gasteiger charge is 2.41. The van der Waals surface area contributed by atoms with Gasteiger partial charge < -0.3 is 9.80 Å². The molecule has 1 saturated carbocycles. The van der Waals surface area contributed by atoms with Gasteiger partial charge in [0.1, 0.15) is 0 Å². The van der Waals surface area contributed by atoms with E-state index in [2.05, 4.69) is 34.1 Å². The zero-order valence-corrected chi connectivity index (χ0v) is 12.5. The summed E-state index contributed by atoms with van der Waals surface area (Å²) in [7, 11) is 2.28. The Morgan fingerprint density at radius 1 is 1.20 bits per heavy atom. The van der Waals surface area contributed by atoms with Gasteiger partial charge in [0.05, 0.1) is 0 Å². The first-order valence-corrected chi connectivity index (χ1v) is 8.13. The van der Waals surface area contributed by atoms with Crippen molar-refractivity contribution in [3.05, 3.63) is 24.0 Å². The number of hydrogen-bond acceptors (Lipinski definition) is 3. The first kappa shape index (κ1) is 12.6. The standard InChI is InChI=1S/C17H25N3/c1-19-9-2-6-17(12-19)7-10-20(13-17)16-5-8-18-11-15(16)14-3-4-14/h5,8,11,14H,2-4,6-7,9-10,12-13H2,1H3/t17-/m1/s1. The fourth-order valence-corrected chi connectivity index (χ4v) is 4.32. The van der Waals surface area contributed by atoms with Crippen LogP contribution in [0.2, 0.25) is 0 Å². The van der Waals surface area contributed by atoms with Gasteiger partial charge in [0.2, 0.25) is 0 Å². The number of hydrogen-bond donors (Lipinski definition) is 0. The normalized spacial score (nSPS) is 31.1. The minimum atomic E-state index is 0.553. The summed E-state index contributed by atoms with van der Waals surface area (Å²) in [6.07, 6.45) is 11.0. The maximum absolute atomic E-state index is 4.36. The van der Waals surface area contributed by atoms with Crippen molar-refractivity contribution in [1.82, 2.24) is 9.88 Å². The molecular formula is C17H25N3. The van der Waals surface area contributed by atoms with Crippen LogP contribution in [-0.2, 0) is 0 Å². The second-order valence-electron chi connectivity index (χ2n) is 7.22. The van der Waals surface area contributed by atoms with Crippen molar-refractivity contribution in [1.29, 1.82) is 0 Å². The molecule has 108 valence electrons. The van der Waals surface area contributed by atoms with Crippen LogP contribution in [0.15, 0.2) is 18.5 Å². The Bertz CT molecular complexity index is 497. The van der Waals surface area contributed by atoms with E-state index in [0.717, 1.165) is 5.92 Å². The highest BCUT2D eigenvalue weighted by atomic mass is 15.2. The molecule has 1 spiro atoms. The topological polar surface area (TPSA) is 19.4 Å². The van der Waals surface area contributed by atoms with Crippen molar-refractivity contribution in [2.24, 2.45) is 5.41 Å². The van der Waals surface area contributed by atoms with Crippen LogP contribution in [0.4, 0.5) is 5.69 Å². The van der Waals surface area contributed by atoms with Gasteiger partial charge in [-0.2, -0.15) is 0 Å². The molecular weight excluding hydrogens is 246 g/mol. The van der Waals surface area contributed by atoms with Crippen LogP contribution in [-0.4, -0.2) is 43.1 Å². The minimum Gasteiger partial charge on any atom is -0.371 e. The molecule has 3 heteroatoms. The second kappa shape index (κ2) is 4.73. The molecule has 2 saturated heterocycles. The van der Waals surface area contributed by atoms with Crippen LogP contribution in [0, 0.1) is 5.41 Å². The second-order valence-corrected chi connectivity index (χ2v) is 7.22. The van der Waals surface area contributed by atoms with Gasteiger partial charge in [-0.05, 0) is 63.2 Å². The first-order chi connectivity index (χ1) is 9.76. The fraction of sp³-hybridized carbons (Fsp3) is 0.706. The molecule has 3 nitrogen and oxygen atoms in total. The Kier molecular flexibility index (Phi) is 2.99. The van der Waals surface area contributed by atoms with Gasteiger partial charge in [-0.25, -0.2) is 0 Å². The van der Waals surface area contributed by atoms with E-state index in [9.17, 15) is 0 Å². The van der Waals surface area contributed by atoms with Gasteiger partial charge in [-0.3, -0.25) is 4.98 Å². The van der Waals surface area contributed by atoms with Gasteiger partial charge in [0.15, 0.2) is 0 Å². The summed E-state index contributed by atoms with van der Waals surface area (Å²) in [6.45, 7) is 5.05. The predicted molar refractivity (Wildman–Crippen MR) is 82.2 cm³/mol. The average molecular weight is 271 g/mol. The van der Waals surface area contributed by atoms with Gasteiger partial charge in [-0.1, -0.05) is 0 Å². The predicted octanol–water partition coefficient (Wildman–Crippen LogP) is 2.88. The Morgan fingerprint density at radius 2 is 2.10 bits per heavy atom. The zero-order chi connectivity index (χ0) is 13.6. The van der Waals surface area contributed by atoms with Crippen LogP contribution < -0.4 is 4.90 Å². The first-order valence-electron chi connectivity index (χ1n) is 8.13. The summed E-state index contributed by atoms with van der Waals surface area (Å²) in [6, 6.07) is 2.25. The molecule has 0 bridgehead atoms. The SMILES string of the molecule is CN1CCC[C@@]2(CCN(c3ccncc3C3CC3)C2)C1. The van der Waals surface area contributed by atoms with E-state index in [-0.39, 0.29) is 0 Å². The summed E-state index contributed by atoms with van der Waals surface area (Å²) in [5.41, 5.74) is 3.54. The third-order valence-electron chi connectivity index (χ3n) is 5.48. The maximum Gasteiger partial charge on any atom is 0.0432 e. The number of piperidine rings is 1. The van der Waals surface area contributed by atoms with Crippen molar-refractivity contribution in [3.63, 3.8) is 0 Å². The number of likely N-dealkylation sites (tertiary alicyclic amines) is 1. The van der Waals surface area contributed by atoms with E-state index < -0.39 is 0 Å². The van der Waals surface area contributed by atoms with Crippen LogP contribution in [0.5, 0.6) is 0 Å². The molecule has 0 unspecified atom stereocenters. The van der Waals surface area contributed by atoms with Crippen LogP contribution in [0.25, 0.3) is 0 Å². The van der Waals surface area contributed by atoms with Crippen LogP contribution >= 0.6 is 0 Å². The number of aromatic nitrogens is 1. The molecule has 0 amide bonds. The molecule has 1 aromatic rings. The van der Waals surface area contributed by atoms with Crippen LogP contribution in [0.3, 0.4) is 0 Å². The van der Waals surface area contributed by atoms with E-state index in [1.807, 2.05) is 6.20 Å². The highest BCUT2D eigenvalue weighted by molar-refractivity contribution is 5.56. The summed E-state index contributed by atoms with van der Waals surface area (Å²) >= 11 is 0. The lowest BCUT2D eigenvalue weighted by molar-refractivity contribution is 0.128. The lowest BCUT2D eigenvalue weighted by atomic mass is 9.79.